The average Bonchev–Trinajstić information content (AvgIpc) is 2.54. The number of nitro benzene ring substituents is 1. The first-order valence-corrected chi connectivity index (χ1v) is 6.27. The molecular weight excluding hydrogens is 309 g/mol. The van der Waals surface area contributed by atoms with Crippen molar-refractivity contribution in [2.45, 2.75) is 0 Å². The van der Waals surface area contributed by atoms with Gasteiger partial charge in [-0.05, 0) is 30.3 Å². The minimum Gasteiger partial charge on any atom is -0.465 e. The van der Waals surface area contributed by atoms with E-state index in [0.717, 1.165) is 18.2 Å². The number of methoxy groups -OCH3 is 1. The van der Waals surface area contributed by atoms with Gasteiger partial charge in [0, 0.05) is 12.1 Å². The molecule has 0 amide bonds. The number of nitro groups is 1. The Balaban J connectivity index is 2.24. The molecule has 0 aliphatic carbocycles. The summed E-state index contributed by atoms with van der Waals surface area (Å²) in [5.41, 5.74) is -0.275. The van der Waals surface area contributed by atoms with Crippen molar-refractivity contribution < 1.29 is 28.4 Å². The number of carbonyl (C=O) groups excluding carboxylic acids is 2. The Morgan fingerprint density at radius 3 is 2.13 bits per heavy atom. The molecule has 2 aromatic carbocycles. The molecule has 0 N–H and O–H groups in total. The van der Waals surface area contributed by atoms with Crippen LogP contribution in [0.15, 0.2) is 42.5 Å². The standard InChI is InChI=1S/C15H10FNO6/c1-22-14(18)9-2-4-10(5-3-9)15(19)23-13-8-11(16)6-7-12(13)17(20)21/h2-8H,1H3. The Morgan fingerprint density at radius 2 is 1.61 bits per heavy atom. The zero-order chi connectivity index (χ0) is 17.0. The van der Waals surface area contributed by atoms with Gasteiger partial charge >= 0.3 is 17.6 Å². The molecule has 0 aliphatic rings. The van der Waals surface area contributed by atoms with E-state index in [1.54, 1.807) is 0 Å². The fraction of sp³-hybridized carbons (Fsp3) is 0.0667. The molecule has 0 fully saturated rings. The van der Waals surface area contributed by atoms with E-state index in [4.69, 9.17) is 4.74 Å². The van der Waals surface area contributed by atoms with Crippen LogP contribution in [-0.2, 0) is 4.74 Å². The molecule has 0 bridgehead atoms. The highest BCUT2D eigenvalue weighted by Crippen LogP contribution is 2.28. The van der Waals surface area contributed by atoms with Crippen LogP contribution in [0.3, 0.4) is 0 Å². The van der Waals surface area contributed by atoms with E-state index in [0.29, 0.717) is 0 Å². The van der Waals surface area contributed by atoms with Crippen LogP contribution >= 0.6 is 0 Å². The molecule has 0 spiro atoms. The van der Waals surface area contributed by atoms with Crippen LogP contribution in [0.2, 0.25) is 0 Å². The van der Waals surface area contributed by atoms with E-state index in [-0.39, 0.29) is 11.1 Å². The van der Waals surface area contributed by atoms with Crippen molar-refractivity contribution >= 4 is 17.6 Å². The predicted octanol–water partition coefficient (Wildman–Crippen LogP) is 2.74. The molecule has 8 heteroatoms. The number of hydrogen-bond acceptors (Lipinski definition) is 6. The molecular formula is C15H10FNO6. The minimum absolute atomic E-state index is 0.0382. The number of rotatable bonds is 4. The fourth-order valence-corrected chi connectivity index (χ4v) is 1.74. The largest absolute Gasteiger partial charge is 0.465 e. The zero-order valence-electron chi connectivity index (χ0n) is 11.8. The first-order valence-electron chi connectivity index (χ1n) is 6.27. The maximum absolute atomic E-state index is 13.2. The number of hydrogen-bond donors (Lipinski definition) is 0. The van der Waals surface area contributed by atoms with Gasteiger partial charge in [0.05, 0.1) is 23.2 Å². The van der Waals surface area contributed by atoms with Crippen LogP contribution in [-0.4, -0.2) is 24.0 Å². The molecule has 2 aromatic rings. The van der Waals surface area contributed by atoms with Crippen molar-refractivity contribution in [2.75, 3.05) is 7.11 Å². The van der Waals surface area contributed by atoms with Crippen molar-refractivity contribution in [2.24, 2.45) is 0 Å². The van der Waals surface area contributed by atoms with E-state index in [1.165, 1.54) is 31.4 Å². The van der Waals surface area contributed by atoms with Crippen LogP contribution in [0.5, 0.6) is 5.75 Å². The first kappa shape index (κ1) is 16.1. The van der Waals surface area contributed by atoms with E-state index < -0.39 is 34.1 Å². The first-order chi connectivity index (χ1) is 10.9. The van der Waals surface area contributed by atoms with Gasteiger partial charge in [0.2, 0.25) is 5.75 Å². The summed E-state index contributed by atoms with van der Waals surface area (Å²) in [7, 11) is 1.22. The summed E-state index contributed by atoms with van der Waals surface area (Å²) in [6, 6.07) is 7.79. The number of carbonyl (C=O) groups is 2. The Kier molecular flexibility index (Phi) is 4.65. The summed E-state index contributed by atoms with van der Waals surface area (Å²) in [5.74, 6) is -2.78. The van der Waals surface area contributed by atoms with Gasteiger partial charge < -0.3 is 9.47 Å². The SMILES string of the molecule is COC(=O)c1ccc(C(=O)Oc2cc(F)ccc2[N+](=O)[O-])cc1. The third kappa shape index (κ3) is 3.67. The summed E-state index contributed by atoms with van der Waals surface area (Å²) in [6.07, 6.45) is 0. The quantitative estimate of drug-likeness (QED) is 0.372. The van der Waals surface area contributed by atoms with Crippen molar-refractivity contribution in [3.63, 3.8) is 0 Å². The molecule has 0 saturated carbocycles. The van der Waals surface area contributed by atoms with Gasteiger partial charge in [-0.3, -0.25) is 10.1 Å². The monoisotopic (exact) mass is 319 g/mol. The van der Waals surface area contributed by atoms with Crippen LogP contribution in [0.4, 0.5) is 10.1 Å². The van der Waals surface area contributed by atoms with Crippen molar-refractivity contribution in [3.05, 3.63) is 69.5 Å². The van der Waals surface area contributed by atoms with Crippen LogP contribution in [0, 0.1) is 15.9 Å². The second-order valence-corrected chi connectivity index (χ2v) is 4.33. The molecule has 0 aliphatic heterocycles. The summed E-state index contributed by atoms with van der Waals surface area (Å²) in [5, 5.41) is 10.8. The summed E-state index contributed by atoms with van der Waals surface area (Å²) < 4.78 is 22.6. The molecule has 7 nitrogen and oxygen atoms in total. The summed E-state index contributed by atoms with van der Waals surface area (Å²) in [4.78, 5) is 33.3. The van der Waals surface area contributed by atoms with Crippen molar-refractivity contribution in [3.8, 4) is 5.75 Å². The fourth-order valence-electron chi connectivity index (χ4n) is 1.74. The van der Waals surface area contributed by atoms with Gasteiger partial charge in [-0.25, -0.2) is 14.0 Å². The van der Waals surface area contributed by atoms with Crippen molar-refractivity contribution in [1.82, 2.24) is 0 Å². The summed E-state index contributed by atoms with van der Waals surface area (Å²) >= 11 is 0. The van der Waals surface area contributed by atoms with E-state index in [2.05, 4.69) is 4.74 Å². The van der Waals surface area contributed by atoms with E-state index in [1.807, 2.05) is 0 Å². The maximum Gasteiger partial charge on any atom is 0.343 e. The third-order valence-electron chi connectivity index (χ3n) is 2.86. The van der Waals surface area contributed by atoms with Gasteiger partial charge in [-0.1, -0.05) is 0 Å². The van der Waals surface area contributed by atoms with Crippen molar-refractivity contribution in [1.29, 1.82) is 0 Å². The molecule has 118 valence electrons. The topological polar surface area (TPSA) is 95.7 Å². The number of ether oxygens (including phenoxy) is 2. The van der Waals surface area contributed by atoms with Gasteiger partial charge in [-0.15, -0.1) is 0 Å². The predicted molar refractivity (Wildman–Crippen MR) is 75.8 cm³/mol. The molecule has 0 aromatic heterocycles. The van der Waals surface area contributed by atoms with E-state index in [9.17, 15) is 24.1 Å². The average molecular weight is 319 g/mol. The van der Waals surface area contributed by atoms with Gasteiger partial charge in [0.15, 0.2) is 0 Å². The highest BCUT2D eigenvalue weighted by Gasteiger charge is 2.20. The Morgan fingerprint density at radius 1 is 1.04 bits per heavy atom. The van der Waals surface area contributed by atoms with Gasteiger partial charge in [0.1, 0.15) is 5.82 Å². The normalized spacial score (nSPS) is 10.0. The second kappa shape index (κ2) is 6.65. The summed E-state index contributed by atoms with van der Waals surface area (Å²) in [6.45, 7) is 0. The Labute approximate surface area is 129 Å². The number of nitrogens with zero attached hydrogens (tertiary/aromatic N) is 1. The van der Waals surface area contributed by atoms with Crippen LogP contribution in [0.1, 0.15) is 20.7 Å². The number of halogens is 1. The molecule has 0 saturated heterocycles. The second-order valence-electron chi connectivity index (χ2n) is 4.33. The van der Waals surface area contributed by atoms with Crippen LogP contribution in [0.25, 0.3) is 0 Å². The maximum atomic E-state index is 13.2. The lowest BCUT2D eigenvalue weighted by atomic mass is 10.1. The molecule has 23 heavy (non-hydrogen) atoms. The Bertz CT molecular complexity index is 772. The lowest BCUT2D eigenvalue weighted by molar-refractivity contribution is -0.385. The molecule has 0 radical (unpaired) electrons. The van der Waals surface area contributed by atoms with Gasteiger partial charge in [-0.2, -0.15) is 0 Å². The third-order valence-corrected chi connectivity index (χ3v) is 2.86. The number of esters is 2. The smallest absolute Gasteiger partial charge is 0.343 e. The zero-order valence-corrected chi connectivity index (χ0v) is 11.8. The Hall–Kier alpha value is -3.29. The molecule has 2 rings (SSSR count). The lowest BCUT2D eigenvalue weighted by Crippen LogP contribution is -2.10. The highest BCUT2D eigenvalue weighted by molar-refractivity contribution is 5.94. The molecule has 0 heterocycles. The molecule has 0 unspecified atom stereocenters. The highest BCUT2D eigenvalue weighted by atomic mass is 19.1. The van der Waals surface area contributed by atoms with E-state index >= 15 is 0 Å². The number of benzene rings is 2. The minimum atomic E-state index is -0.921. The lowest BCUT2D eigenvalue weighted by Gasteiger charge is -2.06. The van der Waals surface area contributed by atoms with Gasteiger partial charge in [0.25, 0.3) is 0 Å². The molecule has 0 atom stereocenters. The van der Waals surface area contributed by atoms with Crippen LogP contribution < -0.4 is 4.74 Å².